The first-order chi connectivity index (χ1) is 13.1. The van der Waals surface area contributed by atoms with Crippen LogP contribution in [-0.2, 0) is 23.1 Å². The van der Waals surface area contributed by atoms with E-state index in [1.54, 1.807) is 0 Å². The molecule has 2 aliphatic rings. The summed E-state index contributed by atoms with van der Waals surface area (Å²) in [4.78, 5) is 4.77. The third-order valence-corrected chi connectivity index (χ3v) is 5.36. The van der Waals surface area contributed by atoms with Crippen LogP contribution in [0, 0.1) is 6.92 Å². The van der Waals surface area contributed by atoms with Crippen molar-refractivity contribution in [2.75, 3.05) is 19.8 Å². The minimum absolute atomic E-state index is 0.168. The van der Waals surface area contributed by atoms with Gasteiger partial charge in [0.2, 0.25) is 0 Å². The van der Waals surface area contributed by atoms with Gasteiger partial charge in [0.25, 0.3) is 0 Å². The van der Waals surface area contributed by atoms with Gasteiger partial charge in [0.15, 0.2) is 11.8 Å². The number of aryl methyl sites for hydroxylation is 1. The Hall–Kier alpha value is -1.67. The highest BCUT2D eigenvalue weighted by Gasteiger charge is 2.19. The molecule has 2 N–H and O–H groups in total. The third kappa shape index (κ3) is 6.17. The summed E-state index contributed by atoms with van der Waals surface area (Å²) in [5, 5.41) is 15.4. The topological polar surface area (TPSA) is 85.6 Å². The summed E-state index contributed by atoms with van der Waals surface area (Å²) >= 11 is 0. The minimum Gasteiger partial charge on any atom is -0.379 e. The summed E-state index contributed by atoms with van der Waals surface area (Å²) < 4.78 is 13.3. The zero-order valence-corrected chi connectivity index (χ0v) is 16.9. The Morgan fingerprint density at radius 3 is 2.78 bits per heavy atom. The molecule has 0 radical (unpaired) electrons. The Labute approximate surface area is 162 Å². The molecule has 1 saturated carbocycles. The lowest BCUT2D eigenvalue weighted by molar-refractivity contribution is 0.0347. The number of ether oxygens (including phenoxy) is 2. The summed E-state index contributed by atoms with van der Waals surface area (Å²) in [5.74, 6) is 2.60. The van der Waals surface area contributed by atoms with Crippen LogP contribution in [0.5, 0.6) is 0 Å². The maximum atomic E-state index is 5.94. The van der Waals surface area contributed by atoms with E-state index in [4.69, 9.17) is 14.5 Å². The van der Waals surface area contributed by atoms with Gasteiger partial charge in [-0.15, -0.1) is 10.2 Å². The lowest BCUT2D eigenvalue weighted by atomic mass is 9.96. The molecule has 152 valence electrons. The van der Waals surface area contributed by atoms with Gasteiger partial charge in [0.05, 0.1) is 19.3 Å². The molecule has 8 heteroatoms. The van der Waals surface area contributed by atoms with Crippen molar-refractivity contribution in [1.29, 1.82) is 0 Å². The van der Waals surface area contributed by atoms with Crippen LogP contribution in [0.2, 0.25) is 0 Å². The van der Waals surface area contributed by atoms with E-state index >= 15 is 0 Å². The second-order valence-electron chi connectivity index (χ2n) is 7.73. The normalized spacial score (nSPS) is 22.8. The third-order valence-electron chi connectivity index (χ3n) is 5.36. The molecule has 2 unspecified atom stereocenters. The van der Waals surface area contributed by atoms with Crippen LogP contribution in [0.3, 0.4) is 0 Å². The molecule has 27 heavy (non-hydrogen) atoms. The number of nitrogens with zero attached hydrogens (tertiary/aromatic N) is 4. The summed E-state index contributed by atoms with van der Waals surface area (Å²) in [6.45, 7) is 6.73. The van der Waals surface area contributed by atoms with Crippen LogP contribution < -0.4 is 10.6 Å². The average Bonchev–Trinajstić information content (AvgIpc) is 3.30. The molecule has 2 fully saturated rings. The molecular formula is C19H34N6O2. The molecular weight excluding hydrogens is 344 g/mol. The first-order valence-corrected chi connectivity index (χ1v) is 10.2. The fraction of sp³-hybridized carbons (Fsp3) is 0.842. The zero-order valence-electron chi connectivity index (χ0n) is 16.9. The number of rotatable bonds is 7. The molecule has 1 aromatic rings. The fourth-order valence-electron chi connectivity index (χ4n) is 3.51. The molecule has 2 heterocycles. The Morgan fingerprint density at radius 1 is 1.30 bits per heavy atom. The second-order valence-corrected chi connectivity index (χ2v) is 7.73. The van der Waals surface area contributed by atoms with E-state index in [2.05, 4.69) is 27.8 Å². The molecule has 8 nitrogen and oxygen atoms in total. The molecule has 1 saturated heterocycles. The Morgan fingerprint density at radius 2 is 2.11 bits per heavy atom. The summed E-state index contributed by atoms with van der Waals surface area (Å²) in [6.07, 6.45) is 7.52. The van der Waals surface area contributed by atoms with Gasteiger partial charge in [0, 0.05) is 25.7 Å². The molecule has 3 rings (SSSR count). The number of aliphatic imine (C=N–C) groups is 1. The molecule has 1 aliphatic heterocycles. The second kappa shape index (κ2) is 10.0. The van der Waals surface area contributed by atoms with Crippen LogP contribution in [0.1, 0.15) is 57.1 Å². The van der Waals surface area contributed by atoms with Gasteiger partial charge in [0.1, 0.15) is 12.4 Å². The quantitative estimate of drug-likeness (QED) is 0.555. The van der Waals surface area contributed by atoms with Crippen LogP contribution in [-0.4, -0.2) is 58.7 Å². The maximum Gasteiger partial charge on any atom is 0.192 e. The van der Waals surface area contributed by atoms with E-state index in [1.807, 2.05) is 18.5 Å². The predicted molar refractivity (Wildman–Crippen MR) is 105 cm³/mol. The van der Waals surface area contributed by atoms with E-state index in [1.165, 1.54) is 32.1 Å². The summed E-state index contributed by atoms with van der Waals surface area (Å²) in [6, 6.07) is 0.657. The van der Waals surface area contributed by atoms with E-state index < -0.39 is 0 Å². The predicted octanol–water partition coefficient (Wildman–Crippen LogP) is 1.69. The number of aromatic nitrogens is 3. The van der Waals surface area contributed by atoms with Gasteiger partial charge in [-0.25, -0.2) is 4.99 Å². The van der Waals surface area contributed by atoms with Crippen molar-refractivity contribution in [1.82, 2.24) is 25.4 Å². The Balaban J connectivity index is 1.57. The summed E-state index contributed by atoms with van der Waals surface area (Å²) in [7, 11) is 1.97. The molecule has 0 aromatic carbocycles. The zero-order chi connectivity index (χ0) is 19.1. The van der Waals surface area contributed by atoms with Gasteiger partial charge in [-0.2, -0.15) is 0 Å². The maximum absolute atomic E-state index is 5.94. The molecule has 0 spiro atoms. The first-order valence-electron chi connectivity index (χ1n) is 10.2. The number of hydrogen-bond donors (Lipinski definition) is 2. The SMILES string of the molecule is Cc1nnc(CN=C(NC(C)COC2CCOC2)NC2CCCCC2)n1C. The van der Waals surface area contributed by atoms with Gasteiger partial charge in [-0.1, -0.05) is 19.3 Å². The van der Waals surface area contributed by atoms with Crippen molar-refractivity contribution in [2.24, 2.45) is 12.0 Å². The van der Waals surface area contributed by atoms with Crippen LogP contribution in [0.15, 0.2) is 4.99 Å². The minimum atomic E-state index is 0.168. The van der Waals surface area contributed by atoms with Gasteiger partial charge < -0.3 is 24.7 Å². The van der Waals surface area contributed by atoms with Gasteiger partial charge in [-0.3, -0.25) is 0 Å². The van der Waals surface area contributed by atoms with Crippen LogP contribution in [0.25, 0.3) is 0 Å². The highest BCUT2D eigenvalue weighted by atomic mass is 16.5. The smallest absolute Gasteiger partial charge is 0.192 e. The molecule has 1 aromatic heterocycles. The molecule has 0 bridgehead atoms. The lowest BCUT2D eigenvalue weighted by Gasteiger charge is -2.27. The van der Waals surface area contributed by atoms with E-state index in [0.29, 0.717) is 25.8 Å². The lowest BCUT2D eigenvalue weighted by Crippen LogP contribution is -2.48. The Bertz CT molecular complexity index is 605. The highest BCUT2D eigenvalue weighted by molar-refractivity contribution is 5.80. The van der Waals surface area contributed by atoms with Crippen molar-refractivity contribution in [2.45, 2.75) is 77.1 Å². The van der Waals surface area contributed by atoms with Crippen molar-refractivity contribution in [3.8, 4) is 0 Å². The standard InChI is InChI=1S/C19H34N6O2/c1-14(12-27-17-9-10-26-13-17)21-19(22-16-7-5-4-6-8-16)20-11-18-24-23-15(2)25(18)3/h14,16-17H,4-13H2,1-3H3,(H2,20,21,22). The summed E-state index contributed by atoms with van der Waals surface area (Å²) in [5.41, 5.74) is 0. The highest BCUT2D eigenvalue weighted by Crippen LogP contribution is 2.17. The van der Waals surface area contributed by atoms with Crippen LogP contribution in [0.4, 0.5) is 0 Å². The van der Waals surface area contributed by atoms with Gasteiger partial charge >= 0.3 is 0 Å². The largest absolute Gasteiger partial charge is 0.379 e. The number of guanidine groups is 1. The Kier molecular flexibility index (Phi) is 7.46. The fourth-order valence-corrected chi connectivity index (χ4v) is 3.51. The molecule has 0 amide bonds. The van der Waals surface area contributed by atoms with Gasteiger partial charge in [-0.05, 0) is 33.1 Å². The number of nitrogens with one attached hydrogen (secondary N) is 2. The van der Waals surface area contributed by atoms with Crippen molar-refractivity contribution >= 4 is 5.96 Å². The average molecular weight is 379 g/mol. The number of hydrogen-bond acceptors (Lipinski definition) is 5. The van der Waals surface area contributed by atoms with E-state index in [9.17, 15) is 0 Å². The van der Waals surface area contributed by atoms with Crippen molar-refractivity contribution < 1.29 is 9.47 Å². The van der Waals surface area contributed by atoms with E-state index in [-0.39, 0.29) is 12.1 Å². The van der Waals surface area contributed by atoms with Crippen LogP contribution >= 0.6 is 0 Å². The monoisotopic (exact) mass is 378 g/mol. The van der Waals surface area contributed by atoms with E-state index in [0.717, 1.165) is 30.6 Å². The molecule has 1 aliphatic carbocycles. The first kappa shape index (κ1) is 20.1. The van der Waals surface area contributed by atoms with Crippen molar-refractivity contribution in [3.05, 3.63) is 11.6 Å². The molecule has 2 atom stereocenters. The van der Waals surface area contributed by atoms with Crippen molar-refractivity contribution in [3.63, 3.8) is 0 Å².